The molecule has 2 rings (SSSR count). The summed E-state index contributed by atoms with van der Waals surface area (Å²) in [4.78, 5) is 4.17. The van der Waals surface area contributed by atoms with E-state index >= 15 is 0 Å². The summed E-state index contributed by atoms with van der Waals surface area (Å²) in [7, 11) is -3.52. The largest absolute Gasteiger partial charge is 0.383 e. The Morgan fingerprint density at radius 3 is 2.20 bits per heavy atom. The Morgan fingerprint density at radius 2 is 1.65 bits per heavy atom. The maximum absolute atomic E-state index is 12.7. The smallest absolute Gasteiger partial charge is 0.306 e. The molecule has 0 amide bonds. The SMILES string of the molecule is CS(=O)(=O)Oc1ccc(/C=N/c2ccc(F)cc2)cc1. The summed E-state index contributed by atoms with van der Waals surface area (Å²) in [5, 5.41) is 0. The van der Waals surface area contributed by atoms with Crippen molar-refractivity contribution in [3.8, 4) is 5.75 Å². The normalized spacial score (nSPS) is 11.7. The first-order valence-corrected chi connectivity index (χ1v) is 7.53. The second-order valence-corrected chi connectivity index (χ2v) is 5.67. The van der Waals surface area contributed by atoms with Gasteiger partial charge >= 0.3 is 10.1 Å². The van der Waals surface area contributed by atoms with Gasteiger partial charge in [0.05, 0.1) is 11.9 Å². The first-order valence-electron chi connectivity index (χ1n) is 5.71. The molecule has 4 nitrogen and oxygen atoms in total. The Labute approximate surface area is 116 Å². The minimum Gasteiger partial charge on any atom is -0.383 e. The molecule has 0 bridgehead atoms. The van der Waals surface area contributed by atoms with Gasteiger partial charge in [-0.05, 0) is 54.1 Å². The average molecular weight is 293 g/mol. The molecule has 0 spiro atoms. The molecule has 0 atom stereocenters. The zero-order chi connectivity index (χ0) is 14.6. The van der Waals surface area contributed by atoms with Crippen molar-refractivity contribution < 1.29 is 17.0 Å². The summed E-state index contributed by atoms with van der Waals surface area (Å²) in [5.41, 5.74) is 1.40. The highest BCUT2D eigenvalue weighted by Gasteiger charge is 2.03. The highest BCUT2D eigenvalue weighted by Crippen LogP contribution is 2.15. The van der Waals surface area contributed by atoms with E-state index in [-0.39, 0.29) is 11.6 Å². The third-order valence-electron chi connectivity index (χ3n) is 2.32. The number of rotatable bonds is 4. The lowest BCUT2D eigenvalue weighted by molar-refractivity contribution is 0.493. The highest BCUT2D eigenvalue weighted by atomic mass is 32.2. The monoisotopic (exact) mass is 293 g/mol. The van der Waals surface area contributed by atoms with Crippen molar-refractivity contribution in [1.29, 1.82) is 0 Å². The molecule has 0 unspecified atom stereocenters. The molecule has 0 N–H and O–H groups in total. The van der Waals surface area contributed by atoms with E-state index in [1.807, 2.05) is 0 Å². The van der Waals surface area contributed by atoms with E-state index < -0.39 is 10.1 Å². The van der Waals surface area contributed by atoms with E-state index in [1.54, 1.807) is 30.5 Å². The second-order valence-electron chi connectivity index (χ2n) is 4.09. The van der Waals surface area contributed by atoms with Gasteiger partial charge in [0.2, 0.25) is 0 Å². The predicted octanol–water partition coefficient (Wildman–Crippen LogP) is 2.91. The Balaban J connectivity index is 2.09. The predicted molar refractivity (Wildman–Crippen MR) is 75.6 cm³/mol. The molecule has 0 fully saturated rings. The molecule has 2 aromatic rings. The molecule has 104 valence electrons. The van der Waals surface area contributed by atoms with Gasteiger partial charge in [-0.1, -0.05) is 0 Å². The third-order valence-corrected chi connectivity index (χ3v) is 2.81. The quantitative estimate of drug-likeness (QED) is 0.643. The fourth-order valence-corrected chi connectivity index (χ4v) is 1.92. The Bertz CT molecular complexity index is 707. The van der Waals surface area contributed by atoms with Gasteiger partial charge in [-0.25, -0.2) is 4.39 Å². The maximum Gasteiger partial charge on any atom is 0.306 e. The van der Waals surface area contributed by atoms with Gasteiger partial charge in [0.1, 0.15) is 11.6 Å². The van der Waals surface area contributed by atoms with Crippen LogP contribution in [-0.4, -0.2) is 20.9 Å². The van der Waals surface area contributed by atoms with Crippen LogP contribution in [0.1, 0.15) is 5.56 Å². The Kier molecular flexibility index (Phi) is 4.14. The summed E-state index contributed by atoms with van der Waals surface area (Å²) in [6.45, 7) is 0. The van der Waals surface area contributed by atoms with Gasteiger partial charge in [0.25, 0.3) is 0 Å². The van der Waals surface area contributed by atoms with Crippen molar-refractivity contribution in [1.82, 2.24) is 0 Å². The van der Waals surface area contributed by atoms with Crippen molar-refractivity contribution in [2.75, 3.05) is 6.26 Å². The van der Waals surface area contributed by atoms with Gasteiger partial charge < -0.3 is 4.18 Å². The van der Waals surface area contributed by atoms with Crippen molar-refractivity contribution in [3.63, 3.8) is 0 Å². The van der Waals surface area contributed by atoms with Gasteiger partial charge in [0.15, 0.2) is 0 Å². The summed E-state index contributed by atoms with van der Waals surface area (Å²) in [6.07, 6.45) is 2.58. The van der Waals surface area contributed by atoms with Crippen LogP contribution in [0.3, 0.4) is 0 Å². The van der Waals surface area contributed by atoms with Gasteiger partial charge in [-0.3, -0.25) is 4.99 Å². The molecule has 0 saturated carbocycles. The number of hydrogen-bond donors (Lipinski definition) is 0. The number of nitrogens with zero attached hydrogens (tertiary/aromatic N) is 1. The Hall–Kier alpha value is -2.21. The van der Waals surface area contributed by atoms with Crippen LogP contribution in [0, 0.1) is 5.82 Å². The highest BCUT2D eigenvalue weighted by molar-refractivity contribution is 7.86. The lowest BCUT2D eigenvalue weighted by Gasteiger charge is -2.02. The standard InChI is InChI=1S/C14H12FNO3S/c1-20(17,18)19-14-8-2-11(3-9-14)10-16-13-6-4-12(15)5-7-13/h2-10H,1H3/b16-10+. The molecule has 2 aromatic carbocycles. The second kappa shape index (κ2) is 5.83. The van der Waals surface area contributed by atoms with E-state index in [0.29, 0.717) is 5.69 Å². The van der Waals surface area contributed by atoms with Crippen molar-refractivity contribution in [3.05, 3.63) is 59.9 Å². The molecule has 0 aliphatic heterocycles. The van der Waals surface area contributed by atoms with Crippen LogP contribution < -0.4 is 4.18 Å². The molecule has 6 heteroatoms. The molecule has 0 aromatic heterocycles. The number of benzene rings is 2. The number of hydrogen-bond acceptors (Lipinski definition) is 4. The van der Waals surface area contributed by atoms with Crippen molar-refractivity contribution in [2.45, 2.75) is 0 Å². The van der Waals surface area contributed by atoms with E-state index in [0.717, 1.165) is 11.8 Å². The van der Waals surface area contributed by atoms with E-state index in [4.69, 9.17) is 4.18 Å². The van der Waals surface area contributed by atoms with Gasteiger partial charge in [0, 0.05) is 6.21 Å². The summed E-state index contributed by atoms with van der Waals surface area (Å²) >= 11 is 0. The van der Waals surface area contributed by atoms with Crippen LogP contribution in [0.15, 0.2) is 53.5 Å². The molecular weight excluding hydrogens is 281 g/mol. The average Bonchev–Trinajstić information content (AvgIpc) is 2.38. The molecule has 0 radical (unpaired) electrons. The lowest BCUT2D eigenvalue weighted by atomic mass is 10.2. The summed E-state index contributed by atoms with van der Waals surface area (Å²) in [5.74, 6) is -0.0716. The summed E-state index contributed by atoms with van der Waals surface area (Å²) < 4.78 is 39.3. The fourth-order valence-electron chi connectivity index (χ4n) is 1.46. The number of halogens is 1. The van der Waals surface area contributed by atoms with Crippen molar-refractivity contribution in [2.24, 2.45) is 4.99 Å². The first-order chi connectivity index (χ1) is 9.42. The zero-order valence-electron chi connectivity index (χ0n) is 10.7. The van der Waals surface area contributed by atoms with Crippen molar-refractivity contribution >= 4 is 22.0 Å². The molecular formula is C14H12FNO3S. The number of aliphatic imine (C=N–C) groups is 1. The van der Waals surface area contributed by atoms with E-state index in [2.05, 4.69) is 4.99 Å². The summed E-state index contributed by atoms with van der Waals surface area (Å²) in [6, 6.07) is 12.2. The van der Waals surface area contributed by atoms with Crippen LogP contribution in [0.2, 0.25) is 0 Å². The van der Waals surface area contributed by atoms with Crippen LogP contribution >= 0.6 is 0 Å². The van der Waals surface area contributed by atoms with Crippen LogP contribution in [0.4, 0.5) is 10.1 Å². The third kappa shape index (κ3) is 4.47. The Morgan fingerprint density at radius 1 is 1.05 bits per heavy atom. The molecule has 0 saturated heterocycles. The zero-order valence-corrected chi connectivity index (χ0v) is 11.5. The lowest BCUT2D eigenvalue weighted by Crippen LogP contribution is -2.05. The molecule has 0 heterocycles. The molecule has 20 heavy (non-hydrogen) atoms. The molecule has 0 aliphatic carbocycles. The van der Waals surface area contributed by atoms with Crippen LogP contribution in [0.5, 0.6) is 5.75 Å². The van der Waals surface area contributed by atoms with Gasteiger partial charge in [-0.15, -0.1) is 0 Å². The van der Waals surface area contributed by atoms with Gasteiger partial charge in [-0.2, -0.15) is 8.42 Å². The fraction of sp³-hybridized carbons (Fsp3) is 0.0714. The van der Waals surface area contributed by atoms with E-state index in [9.17, 15) is 12.8 Å². The van der Waals surface area contributed by atoms with E-state index in [1.165, 1.54) is 24.3 Å². The topological polar surface area (TPSA) is 55.7 Å². The van der Waals surface area contributed by atoms with Crippen LogP contribution in [0.25, 0.3) is 0 Å². The van der Waals surface area contributed by atoms with Crippen LogP contribution in [-0.2, 0) is 10.1 Å². The maximum atomic E-state index is 12.7. The first kappa shape index (κ1) is 14.2. The molecule has 0 aliphatic rings. The minimum atomic E-state index is -3.52. The minimum absolute atomic E-state index is 0.242.